The number of rotatable bonds is 4. The summed E-state index contributed by atoms with van der Waals surface area (Å²) in [6.07, 6.45) is 2.93. The third-order valence-electron chi connectivity index (χ3n) is 3.41. The Labute approximate surface area is 125 Å². The number of pyridine rings is 1. The van der Waals surface area contributed by atoms with Gasteiger partial charge < -0.3 is 14.8 Å². The van der Waals surface area contributed by atoms with Gasteiger partial charge in [-0.2, -0.15) is 0 Å². The average Bonchev–Trinajstić information content (AvgIpc) is 2.98. The quantitative estimate of drug-likeness (QED) is 0.570. The van der Waals surface area contributed by atoms with Gasteiger partial charge >= 0.3 is 5.97 Å². The number of carbonyl (C=O) groups is 2. The topological polar surface area (TPSA) is 92.3 Å². The summed E-state index contributed by atoms with van der Waals surface area (Å²) in [5.74, 6) is -1.74. The number of carboxylic acids is 1. The molecule has 0 saturated heterocycles. The van der Waals surface area contributed by atoms with Crippen LogP contribution in [-0.2, 0) is 4.79 Å². The summed E-state index contributed by atoms with van der Waals surface area (Å²) in [7, 11) is 1.59. The van der Waals surface area contributed by atoms with E-state index in [9.17, 15) is 9.59 Å². The number of nitrogens with one attached hydrogen (secondary N) is 1. The van der Waals surface area contributed by atoms with Crippen molar-refractivity contribution in [3.63, 3.8) is 0 Å². The van der Waals surface area contributed by atoms with Gasteiger partial charge in [-0.1, -0.05) is 12.1 Å². The Bertz CT molecular complexity index is 865. The number of fused-ring (bicyclic) bond motifs is 1. The average molecular weight is 296 g/mol. The number of ketones is 1. The first-order valence-electron chi connectivity index (χ1n) is 6.50. The Kier molecular flexibility index (Phi) is 3.34. The number of benzene rings is 1. The van der Waals surface area contributed by atoms with Crippen molar-refractivity contribution in [2.24, 2.45) is 0 Å². The van der Waals surface area contributed by atoms with Gasteiger partial charge in [0.25, 0.3) is 5.78 Å². The highest BCUT2D eigenvalue weighted by Gasteiger charge is 2.21. The van der Waals surface area contributed by atoms with E-state index in [1.54, 1.807) is 19.4 Å². The molecule has 1 aromatic carbocycles. The van der Waals surface area contributed by atoms with E-state index in [0.717, 1.165) is 16.9 Å². The number of carboxylic acid groups (broad SMARTS) is 1. The number of ether oxygens (including phenoxy) is 1. The molecule has 0 aliphatic heterocycles. The normalized spacial score (nSPS) is 10.6. The van der Waals surface area contributed by atoms with Gasteiger partial charge in [0.1, 0.15) is 5.75 Å². The summed E-state index contributed by atoms with van der Waals surface area (Å²) in [5, 5.41) is 8.85. The summed E-state index contributed by atoms with van der Waals surface area (Å²) in [4.78, 5) is 29.6. The van der Waals surface area contributed by atoms with Crippen LogP contribution in [0.15, 0.2) is 42.7 Å². The number of H-pyrrole nitrogens is 1. The fourth-order valence-electron chi connectivity index (χ4n) is 2.32. The number of methoxy groups -OCH3 is 1. The second-order valence-electron chi connectivity index (χ2n) is 4.65. The number of nitrogens with zero attached hydrogens (tertiary/aromatic N) is 1. The first-order valence-corrected chi connectivity index (χ1v) is 6.50. The van der Waals surface area contributed by atoms with Gasteiger partial charge in [0.05, 0.1) is 23.7 Å². The van der Waals surface area contributed by atoms with Crippen LogP contribution in [0.5, 0.6) is 5.75 Å². The first-order chi connectivity index (χ1) is 10.6. The minimum atomic E-state index is -1.50. The summed E-state index contributed by atoms with van der Waals surface area (Å²) < 4.78 is 5.12. The van der Waals surface area contributed by atoms with Crippen LogP contribution in [0.4, 0.5) is 0 Å². The Morgan fingerprint density at radius 3 is 2.55 bits per heavy atom. The molecule has 110 valence electrons. The van der Waals surface area contributed by atoms with Crippen LogP contribution in [-0.4, -0.2) is 33.9 Å². The summed E-state index contributed by atoms with van der Waals surface area (Å²) in [5.41, 5.74) is 2.76. The molecule has 3 aromatic rings. The molecule has 0 bridgehead atoms. The van der Waals surface area contributed by atoms with E-state index >= 15 is 0 Å². The standard InChI is InChI=1S/C16H12N2O4/c1-22-10-4-2-9(3-5-10)11-6-7-17-14-12(8-18-13(11)14)15(19)16(20)21/h2-8,18H,1H3,(H,20,21). The molecule has 0 aliphatic rings. The van der Waals surface area contributed by atoms with E-state index in [1.807, 2.05) is 24.3 Å². The minimum absolute atomic E-state index is 0.0536. The van der Waals surface area contributed by atoms with Crippen molar-refractivity contribution in [3.05, 3.63) is 48.3 Å². The lowest BCUT2D eigenvalue weighted by Gasteiger charge is -2.05. The molecule has 0 atom stereocenters. The van der Waals surface area contributed by atoms with Crippen molar-refractivity contribution >= 4 is 22.8 Å². The molecule has 2 aromatic heterocycles. The van der Waals surface area contributed by atoms with E-state index < -0.39 is 11.8 Å². The highest BCUT2D eigenvalue weighted by Crippen LogP contribution is 2.29. The molecule has 0 saturated carbocycles. The maximum absolute atomic E-state index is 11.7. The van der Waals surface area contributed by atoms with Gasteiger partial charge in [0.2, 0.25) is 0 Å². The molecule has 0 aliphatic carbocycles. The van der Waals surface area contributed by atoms with Crippen LogP contribution >= 0.6 is 0 Å². The van der Waals surface area contributed by atoms with Gasteiger partial charge in [-0.25, -0.2) is 4.79 Å². The maximum Gasteiger partial charge on any atom is 0.377 e. The highest BCUT2D eigenvalue weighted by atomic mass is 16.5. The molecule has 0 unspecified atom stereocenters. The number of carbonyl (C=O) groups excluding carboxylic acids is 1. The minimum Gasteiger partial charge on any atom is -0.497 e. The fraction of sp³-hybridized carbons (Fsp3) is 0.0625. The van der Waals surface area contributed by atoms with Crippen molar-refractivity contribution in [1.29, 1.82) is 0 Å². The van der Waals surface area contributed by atoms with Crippen molar-refractivity contribution in [2.75, 3.05) is 7.11 Å². The maximum atomic E-state index is 11.7. The fourth-order valence-corrected chi connectivity index (χ4v) is 2.32. The highest BCUT2D eigenvalue weighted by molar-refractivity contribution is 6.42. The second-order valence-corrected chi connectivity index (χ2v) is 4.65. The summed E-state index contributed by atoms with van der Waals surface area (Å²) in [6.45, 7) is 0. The number of hydrogen-bond acceptors (Lipinski definition) is 4. The monoisotopic (exact) mass is 296 g/mol. The predicted molar refractivity (Wildman–Crippen MR) is 80.0 cm³/mol. The first kappa shape index (κ1) is 13.8. The Balaban J connectivity index is 2.15. The van der Waals surface area contributed by atoms with E-state index in [-0.39, 0.29) is 5.56 Å². The number of aromatic nitrogens is 2. The van der Waals surface area contributed by atoms with Gasteiger partial charge in [0.15, 0.2) is 0 Å². The molecule has 6 nitrogen and oxygen atoms in total. The van der Waals surface area contributed by atoms with E-state index in [4.69, 9.17) is 9.84 Å². The Hall–Kier alpha value is -3.15. The van der Waals surface area contributed by atoms with Crippen LogP contribution in [0.1, 0.15) is 10.4 Å². The zero-order chi connectivity index (χ0) is 15.7. The summed E-state index contributed by atoms with van der Waals surface area (Å²) >= 11 is 0. The summed E-state index contributed by atoms with van der Waals surface area (Å²) in [6, 6.07) is 9.22. The Morgan fingerprint density at radius 1 is 1.18 bits per heavy atom. The molecule has 2 heterocycles. The molecular formula is C16H12N2O4. The molecule has 6 heteroatoms. The van der Waals surface area contributed by atoms with Crippen LogP contribution in [0.25, 0.3) is 22.2 Å². The van der Waals surface area contributed by atoms with Crippen molar-refractivity contribution < 1.29 is 19.4 Å². The van der Waals surface area contributed by atoms with Gasteiger partial charge in [-0.15, -0.1) is 0 Å². The molecular weight excluding hydrogens is 284 g/mol. The van der Waals surface area contributed by atoms with E-state index in [2.05, 4.69) is 9.97 Å². The third-order valence-corrected chi connectivity index (χ3v) is 3.41. The number of hydrogen-bond donors (Lipinski definition) is 2. The lowest BCUT2D eigenvalue weighted by Crippen LogP contribution is -2.12. The third kappa shape index (κ3) is 2.20. The van der Waals surface area contributed by atoms with Gasteiger partial charge in [-0.05, 0) is 23.8 Å². The van der Waals surface area contributed by atoms with Crippen molar-refractivity contribution in [2.45, 2.75) is 0 Å². The molecule has 22 heavy (non-hydrogen) atoms. The lowest BCUT2D eigenvalue weighted by molar-refractivity contribution is -0.131. The SMILES string of the molecule is COc1ccc(-c2ccnc3c(C(=O)C(=O)O)c[nH]c23)cc1. The second kappa shape index (κ2) is 5.33. The molecule has 0 amide bonds. The van der Waals surface area contributed by atoms with Gasteiger partial charge in [-0.3, -0.25) is 9.78 Å². The van der Waals surface area contributed by atoms with Crippen LogP contribution in [0.3, 0.4) is 0 Å². The molecule has 0 spiro atoms. The molecule has 0 fully saturated rings. The number of aromatic amines is 1. The predicted octanol–water partition coefficient (Wildman–Crippen LogP) is 2.51. The van der Waals surface area contributed by atoms with Crippen LogP contribution in [0.2, 0.25) is 0 Å². The number of aliphatic carboxylic acids is 1. The molecule has 3 rings (SSSR count). The van der Waals surface area contributed by atoms with E-state index in [1.165, 1.54) is 6.20 Å². The largest absolute Gasteiger partial charge is 0.497 e. The Morgan fingerprint density at radius 2 is 1.91 bits per heavy atom. The van der Waals surface area contributed by atoms with Crippen molar-refractivity contribution in [1.82, 2.24) is 9.97 Å². The smallest absolute Gasteiger partial charge is 0.377 e. The lowest BCUT2D eigenvalue weighted by atomic mass is 10.0. The van der Waals surface area contributed by atoms with E-state index in [0.29, 0.717) is 11.0 Å². The van der Waals surface area contributed by atoms with Gasteiger partial charge in [0, 0.05) is 18.0 Å². The van der Waals surface area contributed by atoms with Crippen LogP contribution < -0.4 is 4.74 Å². The zero-order valence-corrected chi connectivity index (χ0v) is 11.7. The molecule has 0 radical (unpaired) electrons. The molecule has 2 N–H and O–H groups in total. The number of Topliss-reactive ketones (excluding diaryl/α,β-unsaturated/α-hetero) is 1. The zero-order valence-electron chi connectivity index (χ0n) is 11.7. The van der Waals surface area contributed by atoms with Crippen LogP contribution in [0, 0.1) is 0 Å². The van der Waals surface area contributed by atoms with Crippen molar-refractivity contribution in [3.8, 4) is 16.9 Å².